The normalized spacial score (nSPS) is 12.4. The smallest absolute Gasteiger partial charge is 0.307 e. The number of esters is 1. The van der Waals surface area contributed by atoms with Crippen LogP contribution in [0.1, 0.15) is 66.1 Å². The van der Waals surface area contributed by atoms with Gasteiger partial charge in [-0.15, -0.1) is 0 Å². The summed E-state index contributed by atoms with van der Waals surface area (Å²) < 4.78 is 12.5. The number of benzene rings is 1. The van der Waals surface area contributed by atoms with Crippen LogP contribution in [0.2, 0.25) is 10.0 Å². The minimum atomic E-state index is -0.740. The van der Waals surface area contributed by atoms with E-state index in [4.69, 9.17) is 32.7 Å². The molecular weight excluding hydrogens is 553 g/mol. The van der Waals surface area contributed by atoms with Gasteiger partial charge in [0, 0.05) is 33.5 Å². The average Bonchev–Trinajstić information content (AvgIpc) is 3.29. The van der Waals surface area contributed by atoms with Crippen molar-refractivity contribution in [2.45, 2.75) is 58.9 Å². The molecule has 40 heavy (non-hydrogen) atoms. The standard InChI is InChI=1S/C29H31Cl2N5O4/c1-17-20(9-18-7-6-8-32-27(18)33-17)14-36-15-23(25(35-36)16-40-29(2,3)4)28(38)34-24(13-26(37)39-5)19-10-21(30)12-22(31)11-19/h6-12,15,24H,13-14,16H2,1-5H3,(H,34,38). The Morgan fingerprint density at radius 1 is 1.12 bits per heavy atom. The van der Waals surface area contributed by atoms with E-state index < -0.39 is 23.5 Å². The summed E-state index contributed by atoms with van der Waals surface area (Å²) in [7, 11) is 1.29. The van der Waals surface area contributed by atoms with Crippen LogP contribution in [-0.2, 0) is 27.4 Å². The van der Waals surface area contributed by atoms with Crippen LogP contribution in [-0.4, -0.2) is 44.3 Å². The highest BCUT2D eigenvalue weighted by Crippen LogP contribution is 2.27. The summed E-state index contributed by atoms with van der Waals surface area (Å²) in [4.78, 5) is 34.8. The van der Waals surface area contributed by atoms with Gasteiger partial charge in [-0.05, 0) is 75.2 Å². The van der Waals surface area contributed by atoms with Crippen LogP contribution >= 0.6 is 23.2 Å². The van der Waals surface area contributed by atoms with E-state index in [-0.39, 0.29) is 13.0 Å². The number of nitrogens with zero attached hydrogens (tertiary/aromatic N) is 4. The lowest BCUT2D eigenvalue weighted by atomic mass is 10.0. The van der Waals surface area contributed by atoms with Crippen molar-refractivity contribution in [2.75, 3.05) is 7.11 Å². The van der Waals surface area contributed by atoms with Gasteiger partial charge < -0.3 is 14.8 Å². The Balaban J connectivity index is 1.67. The van der Waals surface area contributed by atoms with Gasteiger partial charge in [-0.25, -0.2) is 9.97 Å². The zero-order chi connectivity index (χ0) is 29.0. The molecule has 3 heterocycles. The SMILES string of the molecule is COC(=O)CC(NC(=O)c1cn(Cc2cc3cccnc3nc2C)nc1COC(C)(C)C)c1cc(Cl)cc(Cl)c1. The van der Waals surface area contributed by atoms with Gasteiger partial charge in [0.2, 0.25) is 0 Å². The van der Waals surface area contributed by atoms with Crippen LogP contribution < -0.4 is 5.32 Å². The first-order chi connectivity index (χ1) is 18.9. The fourth-order valence-corrected chi connectivity index (χ4v) is 4.65. The summed E-state index contributed by atoms with van der Waals surface area (Å²) in [5.41, 5.74) is 3.33. The van der Waals surface area contributed by atoms with Gasteiger partial charge in [0.05, 0.1) is 43.9 Å². The third kappa shape index (κ3) is 7.56. The van der Waals surface area contributed by atoms with E-state index in [1.54, 1.807) is 35.3 Å². The summed E-state index contributed by atoms with van der Waals surface area (Å²) in [5.74, 6) is -0.927. The molecule has 210 valence electrons. The number of methoxy groups -OCH3 is 1. The zero-order valence-electron chi connectivity index (χ0n) is 23.0. The lowest BCUT2D eigenvalue weighted by Gasteiger charge is -2.20. The Morgan fingerprint density at radius 3 is 2.52 bits per heavy atom. The molecule has 0 aliphatic heterocycles. The second kappa shape index (κ2) is 12.3. The van der Waals surface area contributed by atoms with Crippen LogP contribution in [0.4, 0.5) is 0 Å². The maximum absolute atomic E-state index is 13.7. The van der Waals surface area contributed by atoms with E-state index in [0.717, 1.165) is 16.6 Å². The number of fused-ring (bicyclic) bond motifs is 1. The number of hydrogen-bond donors (Lipinski definition) is 1. The number of carbonyl (C=O) groups excluding carboxylic acids is 2. The van der Waals surface area contributed by atoms with E-state index in [1.807, 2.05) is 45.9 Å². The third-order valence-electron chi connectivity index (χ3n) is 6.13. The molecule has 1 N–H and O–H groups in total. The number of aryl methyl sites for hydroxylation is 1. The molecule has 1 unspecified atom stereocenters. The molecule has 0 aliphatic rings. The quantitative estimate of drug-likeness (QED) is 0.246. The van der Waals surface area contributed by atoms with E-state index in [2.05, 4.69) is 20.4 Å². The Bertz CT molecular complexity index is 1530. The molecule has 0 saturated heterocycles. The minimum absolute atomic E-state index is 0.114. The molecule has 1 amide bonds. The summed E-state index contributed by atoms with van der Waals surface area (Å²) >= 11 is 12.4. The molecule has 11 heteroatoms. The highest BCUT2D eigenvalue weighted by atomic mass is 35.5. The van der Waals surface area contributed by atoms with Gasteiger partial charge in [0.1, 0.15) is 5.69 Å². The van der Waals surface area contributed by atoms with Crippen LogP contribution in [0.25, 0.3) is 11.0 Å². The molecule has 0 saturated carbocycles. The van der Waals surface area contributed by atoms with E-state index in [0.29, 0.717) is 39.1 Å². The van der Waals surface area contributed by atoms with E-state index in [9.17, 15) is 9.59 Å². The van der Waals surface area contributed by atoms with Crippen molar-refractivity contribution in [2.24, 2.45) is 0 Å². The fourth-order valence-electron chi connectivity index (χ4n) is 4.11. The second-order valence-corrected chi connectivity index (χ2v) is 11.3. The first-order valence-corrected chi connectivity index (χ1v) is 13.4. The minimum Gasteiger partial charge on any atom is -0.469 e. The largest absolute Gasteiger partial charge is 0.469 e. The van der Waals surface area contributed by atoms with Crippen LogP contribution in [0.3, 0.4) is 0 Å². The summed E-state index contributed by atoms with van der Waals surface area (Å²) in [6.07, 6.45) is 3.26. The monoisotopic (exact) mass is 583 g/mol. The lowest BCUT2D eigenvalue weighted by molar-refractivity contribution is -0.141. The number of carbonyl (C=O) groups is 2. The van der Waals surface area contributed by atoms with Crippen LogP contribution in [0.15, 0.2) is 48.8 Å². The van der Waals surface area contributed by atoms with Crippen LogP contribution in [0.5, 0.6) is 0 Å². The molecule has 0 aliphatic carbocycles. The Labute approximate surface area is 242 Å². The van der Waals surface area contributed by atoms with Crippen molar-refractivity contribution in [3.05, 3.63) is 86.9 Å². The Kier molecular flexibility index (Phi) is 9.08. The Morgan fingerprint density at radius 2 is 1.85 bits per heavy atom. The first-order valence-electron chi connectivity index (χ1n) is 12.7. The molecule has 1 aromatic carbocycles. The lowest BCUT2D eigenvalue weighted by Crippen LogP contribution is -2.31. The van der Waals surface area contributed by atoms with Gasteiger partial charge in [0.15, 0.2) is 5.65 Å². The van der Waals surface area contributed by atoms with Crippen molar-refractivity contribution in [1.29, 1.82) is 0 Å². The summed E-state index contributed by atoms with van der Waals surface area (Å²) in [6, 6.07) is 9.97. The van der Waals surface area contributed by atoms with Crippen molar-refractivity contribution in [1.82, 2.24) is 25.1 Å². The molecule has 9 nitrogen and oxygen atoms in total. The van der Waals surface area contributed by atoms with Gasteiger partial charge in [0.25, 0.3) is 5.91 Å². The van der Waals surface area contributed by atoms with Gasteiger partial charge >= 0.3 is 5.97 Å². The molecule has 0 radical (unpaired) electrons. The number of pyridine rings is 2. The van der Waals surface area contributed by atoms with Gasteiger partial charge in [-0.2, -0.15) is 5.10 Å². The fraction of sp³-hybridized carbons (Fsp3) is 0.345. The molecule has 4 rings (SSSR count). The first kappa shape index (κ1) is 29.5. The number of rotatable bonds is 9. The number of halogens is 2. The van der Waals surface area contributed by atoms with E-state index >= 15 is 0 Å². The number of nitrogens with one attached hydrogen (secondary N) is 1. The topological polar surface area (TPSA) is 108 Å². The predicted octanol–water partition coefficient (Wildman–Crippen LogP) is 5.84. The maximum atomic E-state index is 13.7. The number of aromatic nitrogens is 4. The molecular formula is C29H31Cl2N5O4. The molecule has 0 fully saturated rings. The highest BCUT2D eigenvalue weighted by Gasteiger charge is 2.25. The second-order valence-electron chi connectivity index (χ2n) is 10.4. The average molecular weight is 585 g/mol. The number of amides is 1. The molecule has 3 aromatic heterocycles. The van der Waals surface area contributed by atoms with Crippen molar-refractivity contribution >= 4 is 46.1 Å². The predicted molar refractivity (Wildman–Crippen MR) is 153 cm³/mol. The molecule has 1 atom stereocenters. The van der Waals surface area contributed by atoms with E-state index in [1.165, 1.54) is 7.11 Å². The number of hydrogen-bond acceptors (Lipinski definition) is 7. The molecule has 0 bridgehead atoms. The maximum Gasteiger partial charge on any atom is 0.307 e. The third-order valence-corrected chi connectivity index (χ3v) is 6.57. The van der Waals surface area contributed by atoms with Crippen molar-refractivity contribution in [3.8, 4) is 0 Å². The zero-order valence-corrected chi connectivity index (χ0v) is 24.5. The number of ether oxygens (including phenoxy) is 2. The molecule has 4 aromatic rings. The van der Waals surface area contributed by atoms with Crippen LogP contribution in [0, 0.1) is 6.92 Å². The summed E-state index contributed by atoms with van der Waals surface area (Å²) in [5, 5.41) is 9.30. The highest BCUT2D eigenvalue weighted by molar-refractivity contribution is 6.34. The summed E-state index contributed by atoms with van der Waals surface area (Å²) in [6.45, 7) is 8.20. The van der Waals surface area contributed by atoms with Gasteiger partial charge in [-0.1, -0.05) is 23.2 Å². The Hall–Kier alpha value is -3.53. The van der Waals surface area contributed by atoms with Gasteiger partial charge in [-0.3, -0.25) is 14.3 Å². The van der Waals surface area contributed by atoms with Crippen molar-refractivity contribution in [3.63, 3.8) is 0 Å². The van der Waals surface area contributed by atoms with Crippen molar-refractivity contribution < 1.29 is 19.1 Å². The molecule has 0 spiro atoms.